The van der Waals surface area contributed by atoms with Crippen molar-refractivity contribution < 1.29 is 12.8 Å². The Hall–Kier alpha value is -1.95. The van der Waals surface area contributed by atoms with E-state index in [0.717, 1.165) is 12.1 Å². The van der Waals surface area contributed by atoms with Gasteiger partial charge in [0.15, 0.2) is 9.84 Å². The van der Waals surface area contributed by atoms with E-state index in [1.165, 1.54) is 6.07 Å². The van der Waals surface area contributed by atoms with E-state index in [-0.39, 0.29) is 22.8 Å². The topological polar surface area (TPSA) is 73.1 Å². The van der Waals surface area contributed by atoms with Crippen LogP contribution in [-0.2, 0) is 16.3 Å². The summed E-state index contributed by atoms with van der Waals surface area (Å²) < 4.78 is 37.3. The molecule has 0 aliphatic carbocycles. The molecule has 0 aliphatic rings. The molecule has 2 N–H and O–H groups in total. The van der Waals surface area contributed by atoms with Gasteiger partial charge >= 0.3 is 0 Å². The lowest BCUT2D eigenvalue weighted by Crippen LogP contribution is -2.10. The van der Waals surface area contributed by atoms with Gasteiger partial charge in [-0.1, -0.05) is 6.07 Å². The zero-order valence-corrected chi connectivity index (χ0v) is 10.9. The number of nitrogens with zero attached hydrogens (tertiary/aromatic N) is 1. The monoisotopic (exact) mass is 280 g/mol. The number of hydrogen-bond acceptors (Lipinski definition) is 4. The number of halogens is 1. The van der Waals surface area contributed by atoms with Gasteiger partial charge < -0.3 is 5.73 Å². The summed E-state index contributed by atoms with van der Waals surface area (Å²) in [5.74, 6) is -0.788. The minimum Gasteiger partial charge on any atom is -0.399 e. The van der Waals surface area contributed by atoms with E-state index >= 15 is 0 Å². The van der Waals surface area contributed by atoms with E-state index < -0.39 is 15.7 Å². The second kappa shape index (κ2) is 5.36. The van der Waals surface area contributed by atoms with Gasteiger partial charge in [0.25, 0.3) is 0 Å². The van der Waals surface area contributed by atoms with Crippen molar-refractivity contribution >= 4 is 15.5 Å². The number of anilines is 1. The van der Waals surface area contributed by atoms with E-state index in [0.29, 0.717) is 5.69 Å². The molecule has 0 bridgehead atoms. The van der Waals surface area contributed by atoms with Crippen LogP contribution in [0.5, 0.6) is 0 Å². The second-order valence-electron chi connectivity index (χ2n) is 4.11. The number of hydrogen-bond donors (Lipinski definition) is 1. The van der Waals surface area contributed by atoms with Crippen LogP contribution in [0.25, 0.3) is 0 Å². The van der Waals surface area contributed by atoms with Crippen LogP contribution in [-0.4, -0.2) is 19.2 Å². The van der Waals surface area contributed by atoms with Gasteiger partial charge in [-0.05, 0) is 30.3 Å². The quantitative estimate of drug-likeness (QED) is 0.867. The summed E-state index contributed by atoms with van der Waals surface area (Å²) in [7, 11) is -3.56. The highest BCUT2D eigenvalue weighted by atomic mass is 32.2. The molecule has 0 amide bonds. The van der Waals surface area contributed by atoms with Crippen molar-refractivity contribution in [1.82, 2.24) is 4.98 Å². The predicted octanol–water partition coefficient (Wildman–Crippen LogP) is 1.82. The molecule has 0 atom stereocenters. The lowest BCUT2D eigenvalue weighted by Gasteiger charge is -2.05. The standard InChI is InChI=1S/C13H13FN2O2S/c14-10-7-11(15)9-13(8-10)19(17,18)6-4-12-3-1-2-5-16-12/h1-3,5,7-9H,4,6,15H2. The van der Waals surface area contributed by atoms with Crippen molar-refractivity contribution in [2.75, 3.05) is 11.5 Å². The molecule has 1 aromatic carbocycles. The maximum Gasteiger partial charge on any atom is 0.178 e. The van der Waals surface area contributed by atoms with Crippen LogP contribution in [0.15, 0.2) is 47.5 Å². The molecule has 0 aliphatic heterocycles. The minimum atomic E-state index is -3.56. The van der Waals surface area contributed by atoms with E-state index in [2.05, 4.69) is 4.98 Å². The van der Waals surface area contributed by atoms with Crippen molar-refractivity contribution in [3.8, 4) is 0 Å². The average Bonchev–Trinajstić information content (AvgIpc) is 2.37. The molecule has 0 unspecified atom stereocenters. The van der Waals surface area contributed by atoms with Crippen molar-refractivity contribution in [1.29, 1.82) is 0 Å². The summed E-state index contributed by atoms with van der Waals surface area (Å²) >= 11 is 0. The Morgan fingerprint density at radius 2 is 2.00 bits per heavy atom. The van der Waals surface area contributed by atoms with Gasteiger partial charge in [0.2, 0.25) is 0 Å². The molecule has 0 saturated carbocycles. The van der Waals surface area contributed by atoms with Gasteiger partial charge in [-0.25, -0.2) is 12.8 Å². The Labute approximate surface area is 111 Å². The zero-order chi connectivity index (χ0) is 13.9. The predicted molar refractivity (Wildman–Crippen MR) is 70.8 cm³/mol. The molecule has 19 heavy (non-hydrogen) atoms. The molecule has 0 fully saturated rings. The molecular weight excluding hydrogens is 267 g/mol. The van der Waals surface area contributed by atoms with Gasteiger partial charge in [-0.2, -0.15) is 0 Å². The van der Waals surface area contributed by atoms with Crippen LogP contribution in [0.1, 0.15) is 5.69 Å². The number of aryl methyl sites for hydroxylation is 1. The lowest BCUT2D eigenvalue weighted by molar-refractivity contribution is 0.590. The number of sulfone groups is 1. The van der Waals surface area contributed by atoms with E-state index in [9.17, 15) is 12.8 Å². The van der Waals surface area contributed by atoms with Gasteiger partial charge in [-0.15, -0.1) is 0 Å². The SMILES string of the molecule is Nc1cc(F)cc(S(=O)(=O)CCc2ccccn2)c1. The summed E-state index contributed by atoms with van der Waals surface area (Å²) in [6.07, 6.45) is 1.88. The minimum absolute atomic E-state index is 0.0939. The first kappa shape index (κ1) is 13.5. The molecule has 0 radical (unpaired) electrons. The Bertz CT molecular complexity index is 652. The molecule has 2 rings (SSSR count). The van der Waals surface area contributed by atoms with Gasteiger partial charge in [0.05, 0.1) is 10.6 Å². The molecule has 0 spiro atoms. The van der Waals surface area contributed by atoms with Gasteiger partial charge in [-0.3, -0.25) is 4.98 Å². The number of pyridine rings is 1. The molecule has 0 saturated heterocycles. The molecule has 100 valence electrons. The average molecular weight is 280 g/mol. The number of rotatable bonds is 4. The molecule has 1 aromatic heterocycles. The van der Waals surface area contributed by atoms with Crippen LogP contribution in [0.4, 0.5) is 10.1 Å². The molecule has 4 nitrogen and oxygen atoms in total. The van der Waals surface area contributed by atoms with Crippen molar-refractivity contribution in [2.45, 2.75) is 11.3 Å². The molecule has 6 heteroatoms. The third kappa shape index (κ3) is 3.51. The highest BCUT2D eigenvalue weighted by Crippen LogP contribution is 2.18. The second-order valence-corrected chi connectivity index (χ2v) is 6.22. The molecule has 2 aromatic rings. The number of nitrogen functional groups attached to an aromatic ring is 1. The summed E-state index contributed by atoms with van der Waals surface area (Å²) in [6, 6.07) is 8.61. The van der Waals surface area contributed by atoms with Crippen LogP contribution >= 0.6 is 0 Å². The maximum absolute atomic E-state index is 13.2. The summed E-state index contributed by atoms with van der Waals surface area (Å²) in [6.45, 7) is 0. The Morgan fingerprint density at radius 1 is 1.21 bits per heavy atom. The third-order valence-electron chi connectivity index (χ3n) is 2.61. The largest absolute Gasteiger partial charge is 0.399 e. The third-order valence-corrected chi connectivity index (χ3v) is 4.30. The van der Waals surface area contributed by atoms with E-state index in [1.54, 1.807) is 24.4 Å². The number of nitrogens with two attached hydrogens (primary N) is 1. The summed E-state index contributed by atoms with van der Waals surface area (Å²) in [4.78, 5) is 3.95. The zero-order valence-electron chi connectivity index (χ0n) is 10.1. The fourth-order valence-electron chi connectivity index (χ4n) is 1.67. The first-order valence-corrected chi connectivity index (χ1v) is 7.31. The number of benzene rings is 1. The Morgan fingerprint density at radius 3 is 2.63 bits per heavy atom. The number of aromatic nitrogens is 1. The normalized spacial score (nSPS) is 11.4. The fourth-order valence-corrected chi connectivity index (χ4v) is 2.99. The first-order valence-electron chi connectivity index (χ1n) is 5.66. The fraction of sp³-hybridized carbons (Fsp3) is 0.154. The first-order chi connectivity index (χ1) is 8.97. The van der Waals surface area contributed by atoms with Crippen LogP contribution in [0.3, 0.4) is 0 Å². The van der Waals surface area contributed by atoms with E-state index in [4.69, 9.17) is 5.73 Å². The van der Waals surface area contributed by atoms with Crippen molar-refractivity contribution in [3.05, 3.63) is 54.1 Å². The van der Waals surface area contributed by atoms with Crippen LogP contribution in [0, 0.1) is 5.82 Å². The molecular formula is C13H13FN2O2S. The summed E-state index contributed by atoms with van der Waals surface area (Å²) in [5, 5.41) is 0. The van der Waals surface area contributed by atoms with Gasteiger partial charge in [0.1, 0.15) is 5.82 Å². The van der Waals surface area contributed by atoms with E-state index in [1.807, 2.05) is 0 Å². The van der Waals surface area contributed by atoms with Crippen LogP contribution < -0.4 is 5.73 Å². The Balaban J connectivity index is 2.19. The van der Waals surface area contributed by atoms with Crippen molar-refractivity contribution in [2.24, 2.45) is 0 Å². The lowest BCUT2D eigenvalue weighted by atomic mass is 10.3. The maximum atomic E-state index is 13.2. The Kier molecular flexibility index (Phi) is 3.80. The summed E-state index contributed by atoms with van der Waals surface area (Å²) in [5.41, 5.74) is 6.22. The highest BCUT2D eigenvalue weighted by molar-refractivity contribution is 7.91. The highest BCUT2D eigenvalue weighted by Gasteiger charge is 2.16. The molecule has 1 heterocycles. The smallest absolute Gasteiger partial charge is 0.178 e. The van der Waals surface area contributed by atoms with Gasteiger partial charge in [0, 0.05) is 24.0 Å². The van der Waals surface area contributed by atoms with Crippen LogP contribution in [0.2, 0.25) is 0 Å². The van der Waals surface area contributed by atoms with Crippen molar-refractivity contribution in [3.63, 3.8) is 0 Å².